The fraction of sp³-hybridized carbons (Fsp3) is 0.182. The van der Waals surface area contributed by atoms with Crippen molar-refractivity contribution >= 4 is 11.5 Å². The highest BCUT2D eigenvalue weighted by Gasteiger charge is 1.92. The number of hydrogen-bond acceptors (Lipinski definition) is 2. The molecule has 0 heterocycles. The Kier molecular flexibility index (Phi) is 5.07. The highest BCUT2D eigenvalue weighted by atomic mass is 16.4. The average molecular weight is 194 g/mol. The number of carboxylic acids is 1. The number of carboxylic acid groups (broad SMARTS) is 1. The standard InChI is InChI=1S/C9H10O.C2H4O2/c1-7(2)8-4-3-5-9(10)6-8;1-2(3)4/h3-6,10H,1H2,2H3;1H3,(H,3,4). The summed E-state index contributed by atoms with van der Waals surface area (Å²) in [6, 6.07) is 7.07. The molecule has 1 rings (SSSR count). The van der Waals surface area contributed by atoms with Crippen molar-refractivity contribution in [2.24, 2.45) is 0 Å². The molecule has 2 N–H and O–H groups in total. The molecule has 1 aromatic carbocycles. The maximum atomic E-state index is 9.02. The molecule has 3 nitrogen and oxygen atoms in total. The van der Waals surface area contributed by atoms with Gasteiger partial charge in [-0.1, -0.05) is 24.3 Å². The lowest BCUT2D eigenvalue weighted by molar-refractivity contribution is -0.134. The third-order valence-electron chi connectivity index (χ3n) is 1.34. The number of aliphatic carboxylic acids is 1. The topological polar surface area (TPSA) is 57.5 Å². The molecule has 1 aromatic rings. The molecule has 0 aliphatic carbocycles. The lowest BCUT2D eigenvalue weighted by Crippen LogP contribution is -1.78. The van der Waals surface area contributed by atoms with Crippen LogP contribution in [0.15, 0.2) is 30.8 Å². The smallest absolute Gasteiger partial charge is 0.300 e. The summed E-state index contributed by atoms with van der Waals surface area (Å²) < 4.78 is 0. The Bertz CT molecular complexity index is 325. The van der Waals surface area contributed by atoms with E-state index in [1.165, 1.54) is 0 Å². The van der Waals surface area contributed by atoms with Crippen LogP contribution in [0, 0.1) is 0 Å². The van der Waals surface area contributed by atoms with E-state index < -0.39 is 5.97 Å². The van der Waals surface area contributed by atoms with Crippen molar-refractivity contribution in [3.05, 3.63) is 36.4 Å². The Morgan fingerprint density at radius 3 is 2.14 bits per heavy atom. The van der Waals surface area contributed by atoms with Crippen molar-refractivity contribution < 1.29 is 15.0 Å². The number of aromatic hydroxyl groups is 1. The normalized spacial score (nSPS) is 8.43. The van der Waals surface area contributed by atoms with Crippen LogP contribution in [0.2, 0.25) is 0 Å². The zero-order chi connectivity index (χ0) is 11.1. The second kappa shape index (κ2) is 5.80. The molecule has 0 aliphatic rings. The Morgan fingerprint density at radius 1 is 1.36 bits per heavy atom. The minimum absolute atomic E-state index is 0.292. The van der Waals surface area contributed by atoms with Gasteiger partial charge in [0, 0.05) is 6.92 Å². The lowest BCUT2D eigenvalue weighted by Gasteiger charge is -1.98. The largest absolute Gasteiger partial charge is 0.508 e. The predicted molar refractivity (Wildman–Crippen MR) is 56.1 cm³/mol. The van der Waals surface area contributed by atoms with Crippen LogP contribution < -0.4 is 0 Å². The van der Waals surface area contributed by atoms with E-state index >= 15 is 0 Å². The molecule has 0 saturated heterocycles. The number of rotatable bonds is 1. The molecule has 0 fully saturated rings. The van der Waals surface area contributed by atoms with Crippen molar-refractivity contribution in [1.29, 1.82) is 0 Å². The third kappa shape index (κ3) is 5.83. The molecule has 0 atom stereocenters. The number of allylic oxidation sites excluding steroid dienone is 1. The minimum atomic E-state index is -0.833. The summed E-state index contributed by atoms with van der Waals surface area (Å²) in [7, 11) is 0. The Balaban J connectivity index is 0.000000364. The Labute approximate surface area is 83.3 Å². The monoisotopic (exact) mass is 194 g/mol. The van der Waals surface area contributed by atoms with Gasteiger partial charge in [0.05, 0.1) is 0 Å². The van der Waals surface area contributed by atoms with Gasteiger partial charge in [0.15, 0.2) is 0 Å². The first-order valence-corrected chi connectivity index (χ1v) is 4.08. The summed E-state index contributed by atoms with van der Waals surface area (Å²) in [4.78, 5) is 9.00. The molecule has 0 bridgehead atoms. The van der Waals surface area contributed by atoms with E-state index in [2.05, 4.69) is 6.58 Å². The molecule has 0 radical (unpaired) electrons. The van der Waals surface area contributed by atoms with Crippen LogP contribution in [-0.4, -0.2) is 16.2 Å². The SMILES string of the molecule is C=C(C)c1cccc(O)c1.CC(=O)O. The van der Waals surface area contributed by atoms with E-state index in [0.717, 1.165) is 18.1 Å². The molecule has 14 heavy (non-hydrogen) atoms. The number of carbonyl (C=O) groups is 1. The second-order valence-corrected chi connectivity index (χ2v) is 2.85. The maximum Gasteiger partial charge on any atom is 0.300 e. The Hall–Kier alpha value is -1.77. The molecule has 0 spiro atoms. The predicted octanol–water partition coefficient (Wildman–Crippen LogP) is 2.52. The van der Waals surface area contributed by atoms with Gasteiger partial charge >= 0.3 is 0 Å². The van der Waals surface area contributed by atoms with E-state index in [9.17, 15) is 0 Å². The van der Waals surface area contributed by atoms with Crippen molar-refractivity contribution in [3.8, 4) is 5.75 Å². The van der Waals surface area contributed by atoms with E-state index in [0.29, 0.717) is 5.75 Å². The van der Waals surface area contributed by atoms with Crippen LogP contribution in [0.4, 0.5) is 0 Å². The molecular formula is C11H14O3. The summed E-state index contributed by atoms with van der Waals surface area (Å²) in [6.45, 7) is 6.75. The third-order valence-corrected chi connectivity index (χ3v) is 1.34. The lowest BCUT2D eigenvalue weighted by atomic mass is 10.1. The van der Waals surface area contributed by atoms with Gasteiger partial charge < -0.3 is 10.2 Å². The molecule has 0 unspecified atom stereocenters. The van der Waals surface area contributed by atoms with Crippen LogP contribution >= 0.6 is 0 Å². The molecule has 0 amide bonds. The summed E-state index contributed by atoms with van der Waals surface area (Å²) in [5.74, 6) is -0.541. The quantitative estimate of drug-likeness (QED) is 0.722. The van der Waals surface area contributed by atoms with Crippen LogP contribution in [0.1, 0.15) is 19.4 Å². The van der Waals surface area contributed by atoms with Gasteiger partial charge in [0.25, 0.3) is 5.97 Å². The van der Waals surface area contributed by atoms with Gasteiger partial charge in [-0.3, -0.25) is 4.79 Å². The Morgan fingerprint density at radius 2 is 1.86 bits per heavy atom. The maximum absolute atomic E-state index is 9.02. The fourth-order valence-electron chi connectivity index (χ4n) is 0.771. The first-order valence-electron chi connectivity index (χ1n) is 4.08. The van der Waals surface area contributed by atoms with E-state index in [1.54, 1.807) is 18.2 Å². The molecule has 0 aliphatic heterocycles. The van der Waals surface area contributed by atoms with Crippen LogP contribution in [0.25, 0.3) is 5.57 Å². The first-order chi connectivity index (χ1) is 6.43. The van der Waals surface area contributed by atoms with E-state index in [1.807, 2.05) is 13.0 Å². The zero-order valence-electron chi connectivity index (χ0n) is 8.32. The summed E-state index contributed by atoms with van der Waals surface area (Å²) in [6.07, 6.45) is 0. The summed E-state index contributed by atoms with van der Waals surface area (Å²) in [5, 5.41) is 16.4. The first kappa shape index (κ1) is 12.2. The number of benzene rings is 1. The number of phenolic OH excluding ortho intramolecular Hbond substituents is 1. The molecular weight excluding hydrogens is 180 g/mol. The van der Waals surface area contributed by atoms with Gasteiger partial charge in [-0.2, -0.15) is 0 Å². The highest BCUT2D eigenvalue weighted by molar-refractivity contribution is 5.63. The summed E-state index contributed by atoms with van der Waals surface area (Å²) in [5.41, 5.74) is 1.95. The average Bonchev–Trinajstić information content (AvgIpc) is 2.03. The number of hydrogen-bond donors (Lipinski definition) is 2. The van der Waals surface area contributed by atoms with Crippen molar-refractivity contribution in [3.63, 3.8) is 0 Å². The van der Waals surface area contributed by atoms with Crippen molar-refractivity contribution in [2.45, 2.75) is 13.8 Å². The van der Waals surface area contributed by atoms with Crippen LogP contribution in [-0.2, 0) is 4.79 Å². The van der Waals surface area contributed by atoms with Gasteiger partial charge in [-0.15, -0.1) is 0 Å². The van der Waals surface area contributed by atoms with Crippen LogP contribution in [0.3, 0.4) is 0 Å². The molecule has 3 heteroatoms. The minimum Gasteiger partial charge on any atom is -0.508 e. The van der Waals surface area contributed by atoms with Gasteiger partial charge in [0.1, 0.15) is 5.75 Å². The van der Waals surface area contributed by atoms with E-state index in [-0.39, 0.29) is 0 Å². The van der Waals surface area contributed by atoms with Gasteiger partial charge in [0.2, 0.25) is 0 Å². The molecule has 76 valence electrons. The van der Waals surface area contributed by atoms with Gasteiger partial charge in [-0.05, 0) is 24.6 Å². The van der Waals surface area contributed by atoms with E-state index in [4.69, 9.17) is 15.0 Å². The molecule has 0 aromatic heterocycles. The summed E-state index contributed by atoms with van der Waals surface area (Å²) >= 11 is 0. The molecule has 0 saturated carbocycles. The van der Waals surface area contributed by atoms with Gasteiger partial charge in [-0.25, -0.2) is 0 Å². The highest BCUT2D eigenvalue weighted by Crippen LogP contribution is 2.16. The number of phenols is 1. The fourth-order valence-corrected chi connectivity index (χ4v) is 0.771. The second-order valence-electron chi connectivity index (χ2n) is 2.85. The van der Waals surface area contributed by atoms with Crippen molar-refractivity contribution in [2.75, 3.05) is 0 Å². The van der Waals surface area contributed by atoms with Crippen molar-refractivity contribution in [1.82, 2.24) is 0 Å². The zero-order valence-corrected chi connectivity index (χ0v) is 8.32. The van der Waals surface area contributed by atoms with Crippen LogP contribution in [0.5, 0.6) is 5.75 Å².